The largest absolute Gasteiger partial charge is 0.481 e. The predicted molar refractivity (Wildman–Crippen MR) is 55.5 cm³/mol. The number of carboxylic acids is 1. The van der Waals surface area contributed by atoms with Crippen LogP contribution < -0.4 is 0 Å². The second-order valence-electron chi connectivity index (χ2n) is 4.24. The molecule has 5 unspecified atom stereocenters. The Morgan fingerprint density at radius 1 is 1.40 bits per heavy atom. The van der Waals surface area contributed by atoms with Crippen LogP contribution in [0.2, 0.25) is 0 Å². The van der Waals surface area contributed by atoms with E-state index in [0.717, 1.165) is 6.42 Å². The van der Waals surface area contributed by atoms with E-state index in [9.17, 15) is 4.79 Å². The molecule has 0 aliphatic carbocycles. The molecular weight excluding hydrogens is 196 g/mol. The van der Waals surface area contributed by atoms with Gasteiger partial charge in [-0.15, -0.1) is 0 Å². The van der Waals surface area contributed by atoms with Crippen LogP contribution in [0.1, 0.15) is 34.1 Å². The van der Waals surface area contributed by atoms with Gasteiger partial charge in [0.25, 0.3) is 0 Å². The second kappa shape index (κ2) is 4.94. The van der Waals surface area contributed by atoms with Crippen molar-refractivity contribution in [3.63, 3.8) is 0 Å². The molecule has 0 aromatic rings. The fraction of sp³-hybridized carbons (Fsp3) is 0.909. The molecule has 4 nitrogen and oxygen atoms in total. The normalized spacial score (nSPS) is 38.7. The third-order valence-electron chi connectivity index (χ3n) is 3.10. The van der Waals surface area contributed by atoms with Gasteiger partial charge in [-0.2, -0.15) is 0 Å². The maximum Gasteiger partial charge on any atom is 0.308 e. The number of carboxylic acid groups (broad SMARTS) is 1. The molecule has 1 aliphatic rings. The van der Waals surface area contributed by atoms with E-state index in [2.05, 4.69) is 0 Å². The van der Waals surface area contributed by atoms with Crippen molar-refractivity contribution in [2.45, 2.75) is 52.6 Å². The molecule has 1 N–H and O–H groups in total. The maximum absolute atomic E-state index is 10.9. The average Bonchev–Trinajstić information content (AvgIpc) is 2.19. The van der Waals surface area contributed by atoms with E-state index in [4.69, 9.17) is 14.6 Å². The molecule has 0 aromatic carbocycles. The van der Waals surface area contributed by atoms with Crippen molar-refractivity contribution in [2.75, 3.05) is 0 Å². The molecule has 5 atom stereocenters. The lowest BCUT2D eigenvalue weighted by molar-refractivity contribution is -0.267. The minimum absolute atomic E-state index is 0.0977. The molecule has 1 aliphatic heterocycles. The third kappa shape index (κ3) is 2.69. The summed E-state index contributed by atoms with van der Waals surface area (Å²) in [7, 11) is 0. The van der Waals surface area contributed by atoms with E-state index in [-0.39, 0.29) is 24.4 Å². The van der Waals surface area contributed by atoms with Gasteiger partial charge in [0, 0.05) is 5.92 Å². The lowest BCUT2D eigenvalue weighted by Gasteiger charge is -2.40. The first-order chi connectivity index (χ1) is 6.97. The Morgan fingerprint density at radius 2 is 2.00 bits per heavy atom. The summed E-state index contributed by atoms with van der Waals surface area (Å²) in [6.45, 7) is 7.54. The molecule has 0 amide bonds. The van der Waals surface area contributed by atoms with Gasteiger partial charge in [-0.25, -0.2) is 0 Å². The van der Waals surface area contributed by atoms with Crippen molar-refractivity contribution in [3.8, 4) is 0 Å². The van der Waals surface area contributed by atoms with Crippen LogP contribution in [0.15, 0.2) is 0 Å². The van der Waals surface area contributed by atoms with E-state index < -0.39 is 11.9 Å². The smallest absolute Gasteiger partial charge is 0.308 e. The van der Waals surface area contributed by atoms with E-state index in [1.165, 1.54) is 0 Å². The van der Waals surface area contributed by atoms with Gasteiger partial charge in [0.1, 0.15) is 0 Å². The first-order valence-electron chi connectivity index (χ1n) is 5.51. The molecule has 1 fully saturated rings. The van der Waals surface area contributed by atoms with Gasteiger partial charge in [0.2, 0.25) is 0 Å². The quantitative estimate of drug-likeness (QED) is 0.782. The van der Waals surface area contributed by atoms with Gasteiger partial charge in [-0.3, -0.25) is 4.79 Å². The van der Waals surface area contributed by atoms with Gasteiger partial charge < -0.3 is 14.6 Å². The molecule has 4 heteroatoms. The number of hydrogen-bond donors (Lipinski definition) is 1. The highest BCUT2D eigenvalue weighted by atomic mass is 16.7. The van der Waals surface area contributed by atoms with E-state index in [1.807, 2.05) is 20.8 Å². The maximum atomic E-state index is 10.9. The van der Waals surface area contributed by atoms with E-state index in [0.29, 0.717) is 0 Å². The number of carbonyl (C=O) groups is 1. The van der Waals surface area contributed by atoms with Gasteiger partial charge in [-0.1, -0.05) is 13.8 Å². The highest BCUT2D eigenvalue weighted by molar-refractivity contribution is 5.70. The number of hydrogen-bond acceptors (Lipinski definition) is 3. The Bertz CT molecular complexity index is 229. The fourth-order valence-electron chi connectivity index (χ4n) is 2.14. The lowest BCUT2D eigenvalue weighted by Crippen LogP contribution is -2.48. The molecule has 1 heterocycles. The van der Waals surface area contributed by atoms with Crippen molar-refractivity contribution in [1.82, 2.24) is 0 Å². The zero-order chi connectivity index (χ0) is 11.6. The minimum Gasteiger partial charge on any atom is -0.481 e. The van der Waals surface area contributed by atoms with Gasteiger partial charge in [0.05, 0.1) is 18.1 Å². The SMILES string of the molecule is CCC1OC(C)OC(C(C)C(=O)O)C1C. The Morgan fingerprint density at radius 3 is 2.47 bits per heavy atom. The predicted octanol–water partition coefficient (Wildman–Crippen LogP) is 1.88. The van der Waals surface area contributed by atoms with E-state index >= 15 is 0 Å². The topological polar surface area (TPSA) is 55.8 Å². The van der Waals surface area contributed by atoms with Crippen LogP contribution in [0.5, 0.6) is 0 Å². The van der Waals surface area contributed by atoms with Crippen LogP contribution in [0.4, 0.5) is 0 Å². The lowest BCUT2D eigenvalue weighted by atomic mass is 9.87. The fourth-order valence-corrected chi connectivity index (χ4v) is 2.14. The van der Waals surface area contributed by atoms with Gasteiger partial charge in [-0.05, 0) is 20.3 Å². The first kappa shape index (κ1) is 12.5. The van der Waals surface area contributed by atoms with E-state index in [1.54, 1.807) is 6.92 Å². The Balaban J connectivity index is 2.73. The summed E-state index contributed by atoms with van der Waals surface area (Å²) in [6, 6.07) is 0. The van der Waals surface area contributed by atoms with Crippen molar-refractivity contribution in [2.24, 2.45) is 11.8 Å². The van der Waals surface area contributed by atoms with Crippen LogP contribution in [0, 0.1) is 11.8 Å². The third-order valence-corrected chi connectivity index (χ3v) is 3.10. The Kier molecular flexibility index (Phi) is 4.11. The molecule has 0 bridgehead atoms. The van der Waals surface area contributed by atoms with Crippen molar-refractivity contribution in [1.29, 1.82) is 0 Å². The van der Waals surface area contributed by atoms with Crippen LogP contribution in [0.3, 0.4) is 0 Å². The monoisotopic (exact) mass is 216 g/mol. The number of aliphatic carboxylic acids is 1. The average molecular weight is 216 g/mol. The van der Waals surface area contributed by atoms with Crippen molar-refractivity contribution >= 4 is 5.97 Å². The Hall–Kier alpha value is -0.610. The molecule has 0 radical (unpaired) electrons. The van der Waals surface area contributed by atoms with Crippen molar-refractivity contribution in [3.05, 3.63) is 0 Å². The molecule has 15 heavy (non-hydrogen) atoms. The molecule has 0 spiro atoms. The molecule has 0 aromatic heterocycles. The molecule has 0 saturated carbocycles. The summed E-state index contributed by atoms with van der Waals surface area (Å²) in [5.74, 6) is -1.17. The molecule has 1 saturated heterocycles. The summed E-state index contributed by atoms with van der Waals surface area (Å²) < 4.78 is 11.1. The van der Waals surface area contributed by atoms with Crippen molar-refractivity contribution < 1.29 is 19.4 Å². The van der Waals surface area contributed by atoms with Gasteiger partial charge >= 0.3 is 5.97 Å². The molecule has 88 valence electrons. The standard InChI is InChI=1S/C11H20O4/c1-5-9-6(2)10(7(3)11(12)13)15-8(4)14-9/h6-10H,5H2,1-4H3,(H,12,13). The number of rotatable bonds is 3. The van der Waals surface area contributed by atoms with Crippen LogP contribution in [-0.4, -0.2) is 29.6 Å². The van der Waals surface area contributed by atoms with Crippen LogP contribution in [-0.2, 0) is 14.3 Å². The summed E-state index contributed by atoms with van der Waals surface area (Å²) >= 11 is 0. The van der Waals surface area contributed by atoms with Crippen LogP contribution >= 0.6 is 0 Å². The second-order valence-corrected chi connectivity index (χ2v) is 4.24. The summed E-state index contributed by atoms with van der Waals surface area (Å²) in [4.78, 5) is 10.9. The zero-order valence-corrected chi connectivity index (χ0v) is 9.77. The highest BCUT2D eigenvalue weighted by Gasteiger charge is 2.39. The number of ether oxygens (including phenoxy) is 2. The minimum atomic E-state index is -0.809. The highest BCUT2D eigenvalue weighted by Crippen LogP contribution is 2.30. The first-order valence-corrected chi connectivity index (χ1v) is 5.51. The molecular formula is C11H20O4. The van der Waals surface area contributed by atoms with Crippen LogP contribution in [0.25, 0.3) is 0 Å². The van der Waals surface area contributed by atoms with Gasteiger partial charge in [0.15, 0.2) is 6.29 Å². The zero-order valence-electron chi connectivity index (χ0n) is 9.77. The Labute approximate surface area is 90.6 Å². The summed E-state index contributed by atoms with van der Waals surface area (Å²) in [6.07, 6.45) is 0.423. The molecule has 1 rings (SSSR count). The summed E-state index contributed by atoms with van der Waals surface area (Å²) in [5.41, 5.74) is 0. The summed E-state index contributed by atoms with van der Waals surface area (Å²) in [5, 5.41) is 8.98.